The summed E-state index contributed by atoms with van der Waals surface area (Å²) in [4.78, 5) is 11.4. The maximum atomic E-state index is 11.4. The Morgan fingerprint density at radius 2 is 1.88 bits per heavy atom. The normalized spacial score (nSPS) is 17.6. The molecule has 1 fully saturated rings. The zero-order valence-electron chi connectivity index (χ0n) is 20.6. The zero-order valence-corrected chi connectivity index (χ0v) is 20.6. The molecule has 0 aromatic heterocycles. The van der Waals surface area contributed by atoms with Gasteiger partial charge in [0, 0.05) is 20.0 Å². The highest BCUT2D eigenvalue weighted by molar-refractivity contribution is 5.66. The fraction of sp³-hybridized carbons (Fsp3) is 0.679. The summed E-state index contributed by atoms with van der Waals surface area (Å²) in [6, 6.07) is 10.3. The van der Waals surface area contributed by atoms with Crippen LogP contribution in [0.3, 0.4) is 0 Å². The molecule has 2 rings (SSSR count). The molecule has 1 heterocycles. The summed E-state index contributed by atoms with van der Waals surface area (Å²) in [7, 11) is 0. The predicted octanol–water partition coefficient (Wildman–Crippen LogP) is 6.19. The van der Waals surface area contributed by atoms with E-state index in [-0.39, 0.29) is 24.5 Å². The van der Waals surface area contributed by atoms with Gasteiger partial charge in [-0.25, -0.2) is 0 Å². The Morgan fingerprint density at radius 1 is 1.09 bits per heavy atom. The van der Waals surface area contributed by atoms with E-state index in [9.17, 15) is 4.79 Å². The minimum atomic E-state index is -0.307. The summed E-state index contributed by atoms with van der Waals surface area (Å²) in [5, 5.41) is 0. The summed E-state index contributed by atoms with van der Waals surface area (Å²) < 4.78 is 22.6. The third-order valence-electron chi connectivity index (χ3n) is 5.66. The second kappa shape index (κ2) is 17.6. The summed E-state index contributed by atoms with van der Waals surface area (Å²) in [5.41, 5.74) is 1.22. The van der Waals surface area contributed by atoms with Crippen molar-refractivity contribution in [2.75, 3.05) is 13.2 Å². The van der Waals surface area contributed by atoms with Crippen LogP contribution in [0, 0.1) is 11.8 Å². The van der Waals surface area contributed by atoms with Gasteiger partial charge in [-0.1, -0.05) is 61.4 Å². The van der Waals surface area contributed by atoms with Gasteiger partial charge in [-0.05, 0) is 57.4 Å². The van der Waals surface area contributed by atoms with E-state index >= 15 is 0 Å². The van der Waals surface area contributed by atoms with Crippen LogP contribution in [0.15, 0.2) is 30.3 Å². The first-order valence-electron chi connectivity index (χ1n) is 12.7. The molecule has 0 spiro atoms. The van der Waals surface area contributed by atoms with Gasteiger partial charge < -0.3 is 18.9 Å². The zero-order chi connectivity index (χ0) is 23.6. The highest BCUT2D eigenvalue weighted by atomic mass is 16.7. The number of hydrogen-bond acceptors (Lipinski definition) is 5. The number of hydrogen-bond donors (Lipinski definition) is 0. The van der Waals surface area contributed by atoms with E-state index in [1.807, 2.05) is 18.2 Å². The van der Waals surface area contributed by atoms with Crippen LogP contribution in [-0.2, 0) is 30.3 Å². The Bertz CT molecular complexity index is 687. The lowest BCUT2D eigenvalue weighted by Crippen LogP contribution is -2.22. The van der Waals surface area contributed by atoms with Gasteiger partial charge in [-0.3, -0.25) is 4.79 Å². The van der Waals surface area contributed by atoms with E-state index in [0.29, 0.717) is 13.2 Å². The van der Waals surface area contributed by atoms with Crippen molar-refractivity contribution in [2.45, 2.75) is 110 Å². The Hall–Kier alpha value is -1.87. The molecule has 1 saturated heterocycles. The minimum absolute atomic E-state index is 0.0427. The molecular weight excluding hydrogens is 416 g/mol. The first-order valence-corrected chi connectivity index (χ1v) is 12.7. The molecule has 1 aliphatic heterocycles. The van der Waals surface area contributed by atoms with Crippen molar-refractivity contribution in [3.05, 3.63) is 35.9 Å². The molecule has 5 heteroatoms. The van der Waals surface area contributed by atoms with Crippen LogP contribution >= 0.6 is 0 Å². The minimum Gasteiger partial charge on any atom is -0.449 e. The van der Waals surface area contributed by atoms with Crippen LogP contribution < -0.4 is 0 Å². The van der Waals surface area contributed by atoms with E-state index in [0.717, 1.165) is 70.8 Å². The van der Waals surface area contributed by atoms with E-state index in [1.165, 1.54) is 18.9 Å². The maximum absolute atomic E-state index is 11.4. The lowest BCUT2D eigenvalue weighted by molar-refractivity contribution is -0.162. The largest absolute Gasteiger partial charge is 0.449 e. The fourth-order valence-electron chi connectivity index (χ4n) is 3.78. The standard InChI is InChI=1S/C28H42O5/c1-24(32-23-26-16-8-5-9-17-26)15-7-3-4-10-18-27(33-25(2)29)19-11-6-13-21-30-28-20-12-14-22-31-28/h5,8-9,16-17,24,27-28H,3-4,6-7,10,12-15,18,20-23H2,1-2H3/t24-,27?,28?/m1/s1. The van der Waals surface area contributed by atoms with Crippen LogP contribution in [0.4, 0.5) is 0 Å². The Kier molecular flexibility index (Phi) is 14.6. The van der Waals surface area contributed by atoms with Crippen molar-refractivity contribution >= 4 is 5.97 Å². The van der Waals surface area contributed by atoms with Crippen LogP contribution in [0.5, 0.6) is 0 Å². The summed E-state index contributed by atoms with van der Waals surface area (Å²) in [6.07, 6.45) is 11.1. The van der Waals surface area contributed by atoms with E-state index in [2.05, 4.69) is 30.9 Å². The number of esters is 1. The lowest BCUT2D eigenvalue weighted by atomic mass is 10.1. The van der Waals surface area contributed by atoms with Gasteiger partial charge >= 0.3 is 5.97 Å². The van der Waals surface area contributed by atoms with E-state index in [4.69, 9.17) is 18.9 Å². The second-order valence-corrected chi connectivity index (χ2v) is 8.79. The van der Waals surface area contributed by atoms with Crippen molar-refractivity contribution < 1.29 is 23.7 Å². The van der Waals surface area contributed by atoms with Gasteiger partial charge in [0.25, 0.3) is 0 Å². The first-order chi connectivity index (χ1) is 16.1. The molecule has 0 radical (unpaired) electrons. The van der Waals surface area contributed by atoms with Crippen molar-refractivity contribution in [3.63, 3.8) is 0 Å². The average Bonchev–Trinajstić information content (AvgIpc) is 2.83. The molecule has 1 aliphatic rings. The molecule has 33 heavy (non-hydrogen) atoms. The van der Waals surface area contributed by atoms with Crippen molar-refractivity contribution in [1.82, 2.24) is 0 Å². The monoisotopic (exact) mass is 458 g/mol. The Morgan fingerprint density at radius 3 is 2.61 bits per heavy atom. The third kappa shape index (κ3) is 14.1. The lowest BCUT2D eigenvalue weighted by Gasteiger charge is -2.22. The van der Waals surface area contributed by atoms with Crippen LogP contribution in [-0.4, -0.2) is 37.7 Å². The SMILES string of the molecule is CC(=O)OC(C#CCCCOC1CCCCO1)CCCCCC[C@@H](C)OCc1ccccc1. The van der Waals surface area contributed by atoms with Crippen LogP contribution in [0.25, 0.3) is 0 Å². The summed E-state index contributed by atoms with van der Waals surface area (Å²) >= 11 is 0. The van der Waals surface area contributed by atoms with Crippen molar-refractivity contribution in [2.24, 2.45) is 0 Å². The van der Waals surface area contributed by atoms with Crippen LogP contribution in [0.2, 0.25) is 0 Å². The molecule has 1 aromatic carbocycles. The highest BCUT2D eigenvalue weighted by Gasteiger charge is 2.13. The van der Waals surface area contributed by atoms with Gasteiger partial charge in [0.1, 0.15) is 0 Å². The van der Waals surface area contributed by atoms with E-state index < -0.39 is 0 Å². The smallest absolute Gasteiger partial charge is 0.303 e. The number of ether oxygens (including phenoxy) is 4. The molecule has 1 aromatic rings. The molecule has 0 amide bonds. The van der Waals surface area contributed by atoms with Crippen LogP contribution in [0.1, 0.15) is 90.0 Å². The molecule has 5 nitrogen and oxygen atoms in total. The van der Waals surface area contributed by atoms with Crippen molar-refractivity contribution in [1.29, 1.82) is 0 Å². The molecular formula is C28H42O5. The van der Waals surface area contributed by atoms with E-state index in [1.54, 1.807) is 0 Å². The van der Waals surface area contributed by atoms with Gasteiger partial charge in [-0.15, -0.1) is 0 Å². The Balaban J connectivity index is 1.51. The molecule has 0 aliphatic carbocycles. The topological polar surface area (TPSA) is 54.0 Å². The number of rotatable bonds is 15. The molecule has 0 bridgehead atoms. The maximum Gasteiger partial charge on any atom is 0.303 e. The quantitative estimate of drug-likeness (QED) is 0.178. The third-order valence-corrected chi connectivity index (χ3v) is 5.66. The molecule has 3 atom stereocenters. The summed E-state index contributed by atoms with van der Waals surface area (Å²) in [5.74, 6) is 6.02. The second-order valence-electron chi connectivity index (χ2n) is 8.79. The van der Waals surface area contributed by atoms with Gasteiger partial charge in [0.05, 0.1) is 19.3 Å². The number of carbonyl (C=O) groups excluding carboxylic acids is 1. The predicted molar refractivity (Wildman–Crippen MR) is 131 cm³/mol. The molecule has 2 unspecified atom stereocenters. The Labute approximate surface area is 200 Å². The average molecular weight is 459 g/mol. The number of unbranched alkanes of at least 4 members (excludes halogenated alkanes) is 4. The fourth-order valence-corrected chi connectivity index (χ4v) is 3.78. The molecule has 0 saturated carbocycles. The van der Waals surface area contributed by atoms with Gasteiger partial charge in [0.15, 0.2) is 12.4 Å². The van der Waals surface area contributed by atoms with Gasteiger partial charge in [0.2, 0.25) is 0 Å². The first kappa shape index (κ1) is 27.4. The highest BCUT2D eigenvalue weighted by Crippen LogP contribution is 2.15. The summed E-state index contributed by atoms with van der Waals surface area (Å²) in [6.45, 7) is 5.72. The number of benzene rings is 1. The van der Waals surface area contributed by atoms with Crippen molar-refractivity contribution in [3.8, 4) is 11.8 Å². The van der Waals surface area contributed by atoms with Gasteiger partial charge in [-0.2, -0.15) is 0 Å². The molecule has 184 valence electrons. The number of carbonyl (C=O) groups is 1. The molecule has 0 N–H and O–H groups in total.